The molecule has 1 amide bonds. The van der Waals surface area contributed by atoms with Crippen molar-refractivity contribution >= 4 is 39.8 Å². The summed E-state index contributed by atoms with van der Waals surface area (Å²) >= 11 is 6.67. The molecule has 248 valence electrons. The summed E-state index contributed by atoms with van der Waals surface area (Å²) in [6, 6.07) is 15.2. The molecule has 11 heteroatoms. The van der Waals surface area contributed by atoms with Crippen molar-refractivity contribution < 1.29 is 13.6 Å². The number of aromatic nitrogens is 3. The number of allylic oxidation sites excluding steroid dienone is 2. The van der Waals surface area contributed by atoms with Crippen molar-refractivity contribution in [2.24, 2.45) is 5.92 Å². The van der Waals surface area contributed by atoms with Gasteiger partial charge in [0.15, 0.2) is 5.82 Å². The van der Waals surface area contributed by atoms with Crippen molar-refractivity contribution in [3.8, 4) is 0 Å². The fraction of sp³-hybridized carbons (Fsp3) is 0.351. The predicted molar refractivity (Wildman–Crippen MR) is 185 cm³/mol. The van der Waals surface area contributed by atoms with E-state index in [9.17, 15) is 13.6 Å². The Balaban J connectivity index is 1.18. The minimum absolute atomic E-state index is 0.255. The highest BCUT2D eigenvalue weighted by molar-refractivity contribution is 6.32. The van der Waals surface area contributed by atoms with Gasteiger partial charge < -0.3 is 10.6 Å². The summed E-state index contributed by atoms with van der Waals surface area (Å²) in [5.41, 5.74) is 3.48. The Kier molecular flexibility index (Phi) is 9.22. The van der Waals surface area contributed by atoms with Gasteiger partial charge in [-0.15, -0.1) is 0 Å². The van der Waals surface area contributed by atoms with Crippen LogP contribution < -0.4 is 10.6 Å². The zero-order valence-corrected chi connectivity index (χ0v) is 27.5. The van der Waals surface area contributed by atoms with E-state index in [1.54, 1.807) is 18.5 Å². The van der Waals surface area contributed by atoms with Gasteiger partial charge in [-0.25, -0.2) is 13.8 Å². The molecule has 2 fully saturated rings. The topological polar surface area (TPSA) is 86.3 Å². The van der Waals surface area contributed by atoms with Gasteiger partial charge in [0, 0.05) is 74.2 Å². The van der Waals surface area contributed by atoms with Gasteiger partial charge in [-0.1, -0.05) is 54.9 Å². The minimum atomic E-state index is -1.14. The van der Waals surface area contributed by atoms with E-state index < -0.39 is 18.0 Å². The Bertz CT molecular complexity index is 1870. The smallest absolute Gasteiger partial charge is 0.271 e. The molecule has 1 aromatic carbocycles. The average molecular weight is 670 g/mol. The van der Waals surface area contributed by atoms with Gasteiger partial charge in [0.2, 0.25) is 0 Å². The number of rotatable bonds is 9. The molecule has 0 bridgehead atoms. The van der Waals surface area contributed by atoms with E-state index >= 15 is 0 Å². The van der Waals surface area contributed by atoms with Crippen LogP contribution in [-0.2, 0) is 13.1 Å². The van der Waals surface area contributed by atoms with Gasteiger partial charge in [-0.3, -0.25) is 24.6 Å². The average Bonchev–Trinajstić information content (AvgIpc) is 3.69. The van der Waals surface area contributed by atoms with E-state index in [1.165, 1.54) is 0 Å². The van der Waals surface area contributed by atoms with Crippen molar-refractivity contribution in [2.75, 3.05) is 31.5 Å². The second kappa shape index (κ2) is 13.7. The van der Waals surface area contributed by atoms with Crippen LogP contribution in [0.2, 0.25) is 5.02 Å². The maximum Gasteiger partial charge on any atom is 0.271 e. The van der Waals surface area contributed by atoms with Crippen LogP contribution in [0, 0.1) is 5.92 Å². The molecule has 7 rings (SSSR count). The van der Waals surface area contributed by atoms with E-state index in [4.69, 9.17) is 16.6 Å². The minimum Gasteiger partial charge on any atom is -0.342 e. The van der Waals surface area contributed by atoms with Gasteiger partial charge in [-0.05, 0) is 65.4 Å². The third-order valence-electron chi connectivity index (χ3n) is 9.57. The molecule has 4 atom stereocenters. The first kappa shape index (κ1) is 32.3. The normalized spacial score (nSPS) is 24.6. The van der Waals surface area contributed by atoms with Crippen molar-refractivity contribution in [3.05, 3.63) is 113 Å². The second-order valence-electron chi connectivity index (χ2n) is 13.0. The summed E-state index contributed by atoms with van der Waals surface area (Å²) in [5, 5.41) is 8.29. The van der Waals surface area contributed by atoms with Gasteiger partial charge in [0.05, 0.1) is 0 Å². The second-order valence-corrected chi connectivity index (χ2v) is 13.4. The number of halogens is 3. The molecule has 1 aliphatic carbocycles. The lowest BCUT2D eigenvalue weighted by Crippen LogP contribution is -2.58. The van der Waals surface area contributed by atoms with Gasteiger partial charge in [-0.2, -0.15) is 0 Å². The van der Waals surface area contributed by atoms with Gasteiger partial charge in [0.1, 0.15) is 29.2 Å². The lowest BCUT2D eigenvalue weighted by Gasteiger charge is -2.41. The summed E-state index contributed by atoms with van der Waals surface area (Å²) in [6.07, 6.45) is 10.6. The van der Waals surface area contributed by atoms with Crippen LogP contribution in [0.25, 0.3) is 16.5 Å². The van der Waals surface area contributed by atoms with Crippen LogP contribution in [0.5, 0.6) is 0 Å². The highest BCUT2D eigenvalue weighted by Gasteiger charge is 2.41. The number of fused-ring (bicyclic) bond motifs is 1. The van der Waals surface area contributed by atoms with Crippen molar-refractivity contribution in [3.63, 3.8) is 0 Å². The number of nitrogens with zero attached hydrogens (tertiary/aromatic N) is 5. The number of benzene rings is 1. The molecule has 0 radical (unpaired) electrons. The molecule has 0 spiro atoms. The summed E-state index contributed by atoms with van der Waals surface area (Å²) in [7, 11) is 0. The van der Waals surface area contributed by atoms with E-state index in [0.29, 0.717) is 61.9 Å². The van der Waals surface area contributed by atoms with E-state index in [-0.39, 0.29) is 17.5 Å². The lowest BCUT2D eigenvalue weighted by molar-refractivity contribution is 0.0909. The number of amides is 1. The quantitative estimate of drug-likeness (QED) is 0.195. The maximum absolute atomic E-state index is 13.9. The number of nitrogens with one attached hydrogen (secondary N) is 2. The molecular formula is C37H38ClF2N7O. The van der Waals surface area contributed by atoms with E-state index in [1.807, 2.05) is 67.7 Å². The number of anilines is 1. The largest absolute Gasteiger partial charge is 0.342 e. The molecule has 2 N–H and O–H groups in total. The monoisotopic (exact) mass is 669 g/mol. The summed E-state index contributed by atoms with van der Waals surface area (Å²) in [4.78, 5) is 32.0. The zero-order chi connectivity index (χ0) is 33.3. The molecule has 8 nitrogen and oxygen atoms in total. The summed E-state index contributed by atoms with van der Waals surface area (Å²) in [5.74, 6) is -0.181. The Morgan fingerprint density at radius 3 is 2.38 bits per heavy atom. The molecule has 2 saturated heterocycles. The number of likely N-dealkylation sites (tertiary alicyclic amines) is 2. The highest BCUT2D eigenvalue weighted by Crippen LogP contribution is 2.40. The van der Waals surface area contributed by atoms with Gasteiger partial charge >= 0.3 is 0 Å². The number of alkyl halides is 2. The van der Waals surface area contributed by atoms with Crippen LogP contribution >= 0.6 is 11.6 Å². The maximum atomic E-state index is 13.9. The Morgan fingerprint density at radius 1 is 0.958 bits per heavy atom. The fourth-order valence-corrected chi connectivity index (χ4v) is 7.19. The molecule has 3 aliphatic rings. The lowest BCUT2D eigenvalue weighted by atomic mass is 9.79. The Hall–Kier alpha value is -4.25. The third kappa shape index (κ3) is 6.83. The van der Waals surface area contributed by atoms with E-state index in [2.05, 4.69) is 36.5 Å². The van der Waals surface area contributed by atoms with Crippen LogP contribution in [-0.4, -0.2) is 74.8 Å². The van der Waals surface area contributed by atoms with Crippen LogP contribution in [0.4, 0.5) is 14.6 Å². The third-order valence-corrected chi connectivity index (χ3v) is 9.90. The molecule has 2 unspecified atom stereocenters. The molecule has 4 aromatic rings. The van der Waals surface area contributed by atoms with Crippen molar-refractivity contribution in [2.45, 2.75) is 50.9 Å². The number of hydrogen-bond acceptors (Lipinski definition) is 7. The Morgan fingerprint density at radius 2 is 1.69 bits per heavy atom. The van der Waals surface area contributed by atoms with Crippen LogP contribution in [0.15, 0.2) is 85.3 Å². The first-order valence-corrected chi connectivity index (χ1v) is 16.8. The number of pyridine rings is 3. The molecule has 0 saturated carbocycles. The summed E-state index contributed by atoms with van der Waals surface area (Å²) < 4.78 is 27.5. The molecule has 5 heterocycles. The number of carbonyl (C=O) groups is 1. The molecule has 48 heavy (non-hydrogen) atoms. The molecule has 2 aliphatic heterocycles. The van der Waals surface area contributed by atoms with Crippen LogP contribution in [0.3, 0.4) is 0 Å². The fourth-order valence-electron chi connectivity index (χ4n) is 6.94. The SMILES string of the molecule is CC1C(c2ccccc2Cl)=CC=CC1(NC(=O)c1ccc(CN2CC[C@@H](F)C2)cn1)Nc1nccc2cc(CN3CC[C@@H](F)C3)cnc12. The van der Waals surface area contributed by atoms with E-state index in [0.717, 1.165) is 34.2 Å². The van der Waals surface area contributed by atoms with Crippen molar-refractivity contribution in [1.29, 1.82) is 0 Å². The zero-order valence-electron chi connectivity index (χ0n) is 26.8. The first-order valence-electron chi connectivity index (χ1n) is 16.4. The highest BCUT2D eigenvalue weighted by atomic mass is 35.5. The first-order chi connectivity index (χ1) is 23.3. The Labute approximate surface area is 283 Å². The van der Waals surface area contributed by atoms with Crippen molar-refractivity contribution in [1.82, 2.24) is 30.1 Å². The summed E-state index contributed by atoms with van der Waals surface area (Å²) in [6.45, 7) is 5.53. The van der Waals surface area contributed by atoms with Gasteiger partial charge in [0.25, 0.3) is 5.91 Å². The molecule has 3 aromatic heterocycles. The van der Waals surface area contributed by atoms with Crippen LogP contribution in [0.1, 0.15) is 46.9 Å². The predicted octanol–water partition coefficient (Wildman–Crippen LogP) is 6.59. The number of carbonyl (C=O) groups excluding carboxylic acids is 1. The standard InChI is InChI=1S/C37H38ClF2N7O/c1-24-30(31-5-2-3-7-32(31)38)6-4-13-37(24,45-36(48)33-9-8-25(18-42-33)20-46-15-11-28(39)22-46)44-35-34-27(10-14-41-35)17-26(19-43-34)21-47-16-12-29(40)23-47/h2-10,13-14,17-19,24,28-29H,11-12,15-16,20-23H2,1H3,(H,41,44)(H,45,48)/t24?,28-,29-,37?/m1/s1. The number of hydrogen-bond donors (Lipinski definition) is 2. The molecular weight excluding hydrogens is 632 g/mol.